The summed E-state index contributed by atoms with van der Waals surface area (Å²) in [6.07, 6.45) is 4.41. The van der Waals surface area contributed by atoms with Crippen molar-refractivity contribution in [3.05, 3.63) is 29.6 Å². The van der Waals surface area contributed by atoms with Gasteiger partial charge in [-0.2, -0.15) is 0 Å². The topological polar surface area (TPSA) is 38.8 Å². The largest absolute Gasteiger partial charge is 0.367 e. The summed E-state index contributed by atoms with van der Waals surface area (Å²) in [6.45, 7) is 6.76. The van der Waals surface area contributed by atoms with Crippen LogP contribution in [0.15, 0.2) is 18.2 Å². The highest BCUT2D eigenvalue weighted by Crippen LogP contribution is 2.30. The fraction of sp³-hybridized carbons (Fsp3) is 0.667. The number of anilines is 1. The molecule has 4 rings (SSSR count). The van der Waals surface area contributed by atoms with Gasteiger partial charge in [0.1, 0.15) is 5.82 Å². The van der Waals surface area contributed by atoms with Crippen LogP contribution in [-0.2, 0) is 0 Å². The van der Waals surface area contributed by atoms with Crippen LogP contribution < -0.4 is 10.2 Å². The highest BCUT2D eigenvalue weighted by atomic mass is 35.5. The number of piperazine rings is 1. The van der Waals surface area contributed by atoms with Gasteiger partial charge < -0.3 is 20.0 Å². The molecule has 1 aromatic rings. The zero-order chi connectivity index (χ0) is 19.0. The van der Waals surface area contributed by atoms with Gasteiger partial charge >= 0.3 is 0 Å². The molecule has 0 spiro atoms. The highest BCUT2D eigenvalue weighted by Gasteiger charge is 2.36. The molecule has 1 N–H and O–H groups in total. The number of hydrogen-bond donors (Lipinski definition) is 1. The van der Waals surface area contributed by atoms with Gasteiger partial charge in [0.2, 0.25) is 0 Å². The number of nitrogens with zero attached hydrogens (tertiary/aromatic N) is 3. The standard InChI is InChI=1S/C21H31FN4O.2ClH/c1-3-25-8-10-26(11-9-25)20-7-4-15(12-19(20)22)21(27)24(2)18-13-16-5-6-17(14-18)23-16;;/h4,7,12,16-18,23H,3,5-6,8-11,13-14H2,1-2H3;2*1H. The van der Waals surface area contributed by atoms with E-state index in [1.165, 1.54) is 18.9 Å². The van der Waals surface area contributed by atoms with Crippen molar-refractivity contribution in [3.8, 4) is 0 Å². The molecule has 1 amide bonds. The van der Waals surface area contributed by atoms with E-state index in [2.05, 4.69) is 22.0 Å². The number of halogens is 3. The Morgan fingerprint density at radius 1 is 1.14 bits per heavy atom. The minimum absolute atomic E-state index is 0. The molecule has 3 saturated heterocycles. The molecule has 3 heterocycles. The average Bonchev–Trinajstić information content (AvgIpc) is 3.04. The van der Waals surface area contributed by atoms with Gasteiger partial charge in [-0.3, -0.25) is 4.79 Å². The minimum atomic E-state index is -0.287. The Hall–Kier alpha value is -1.08. The van der Waals surface area contributed by atoms with Crippen LogP contribution in [0.1, 0.15) is 43.0 Å². The first-order chi connectivity index (χ1) is 13.0. The van der Waals surface area contributed by atoms with E-state index in [1.807, 2.05) is 11.9 Å². The summed E-state index contributed by atoms with van der Waals surface area (Å²) >= 11 is 0. The monoisotopic (exact) mass is 446 g/mol. The van der Waals surface area contributed by atoms with Gasteiger partial charge in [0.25, 0.3) is 5.91 Å². The van der Waals surface area contributed by atoms with Crippen molar-refractivity contribution < 1.29 is 9.18 Å². The summed E-state index contributed by atoms with van der Waals surface area (Å²) in [6, 6.07) is 6.31. The molecule has 29 heavy (non-hydrogen) atoms. The number of carbonyl (C=O) groups excluding carboxylic acids is 1. The second kappa shape index (κ2) is 10.3. The molecular formula is C21H33Cl2FN4O. The van der Waals surface area contributed by atoms with Crippen molar-refractivity contribution in [2.45, 2.75) is 50.7 Å². The van der Waals surface area contributed by atoms with Gasteiger partial charge in [-0.15, -0.1) is 24.8 Å². The number of rotatable bonds is 4. The van der Waals surface area contributed by atoms with E-state index in [0.29, 0.717) is 23.3 Å². The van der Waals surface area contributed by atoms with E-state index >= 15 is 0 Å². The number of amides is 1. The van der Waals surface area contributed by atoms with Crippen molar-refractivity contribution in [1.82, 2.24) is 15.1 Å². The molecule has 164 valence electrons. The third-order valence-corrected chi connectivity index (χ3v) is 6.67. The number of piperidine rings is 1. The van der Waals surface area contributed by atoms with Crippen molar-refractivity contribution >= 4 is 36.4 Å². The summed E-state index contributed by atoms with van der Waals surface area (Å²) in [5, 5.41) is 3.61. The number of likely N-dealkylation sites (N-methyl/N-ethyl adjacent to an activating group) is 1. The van der Waals surface area contributed by atoms with Gasteiger partial charge in [0.05, 0.1) is 5.69 Å². The van der Waals surface area contributed by atoms with Gasteiger partial charge in [0.15, 0.2) is 0 Å². The molecule has 0 saturated carbocycles. The van der Waals surface area contributed by atoms with E-state index in [4.69, 9.17) is 0 Å². The predicted octanol–water partition coefficient (Wildman–Crippen LogP) is 3.17. The fourth-order valence-corrected chi connectivity index (χ4v) is 4.91. The second-order valence-electron chi connectivity index (χ2n) is 8.27. The number of fused-ring (bicyclic) bond motifs is 2. The summed E-state index contributed by atoms with van der Waals surface area (Å²) in [7, 11) is 1.87. The SMILES string of the molecule is CCN1CCN(c2ccc(C(=O)N(C)C3CC4CCC(C3)N4)cc2F)CC1.Cl.Cl. The smallest absolute Gasteiger partial charge is 0.253 e. The zero-order valence-corrected chi connectivity index (χ0v) is 18.9. The van der Waals surface area contributed by atoms with E-state index in [0.717, 1.165) is 45.6 Å². The molecule has 8 heteroatoms. The number of hydrogen-bond acceptors (Lipinski definition) is 4. The van der Waals surface area contributed by atoms with Crippen molar-refractivity contribution in [3.63, 3.8) is 0 Å². The Kier molecular flexibility index (Phi) is 8.59. The first-order valence-corrected chi connectivity index (χ1v) is 10.3. The average molecular weight is 447 g/mol. The summed E-state index contributed by atoms with van der Waals surface area (Å²) in [5.74, 6) is -0.355. The van der Waals surface area contributed by atoms with Crippen LogP contribution in [0, 0.1) is 5.82 Å². The molecule has 0 aromatic heterocycles. The van der Waals surface area contributed by atoms with Crippen LogP contribution >= 0.6 is 24.8 Å². The minimum Gasteiger partial charge on any atom is -0.367 e. The van der Waals surface area contributed by atoms with E-state index in [-0.39, 0.29) is 42.6 Å². The first kappa shape index (κ1) is 24.2. The fourth-order valence-electron chi connectivity index (χ4n) is 4.91. The summed E-state index contributed by atoms with van der Waals surface area (Å²) in [5.41, 5.74) is 1.07. The number of nitrogens with one attached hydrogen (secondary N) is 1. The van der Waals surface area contributed by atoms with Gasteiger partial charge in [0, 0.05) is 56.9 Å². The molecule has 2 unspecified atom stereocenters. The highest BCUT2D eigenvalue weighted by molar-refractivity contribution is 5.94. The summed E-state index contributed by atoms with van der Waals surface area (Å²) in [4.78, 5) is 19.2. The lowest BCUT2D eigenvalue weighted by atomic mass is 9.98. The van der Waals surface area contributed by atoms with E-state index in [1.54, 1.807) is 12.1 Å². The van der Waals surface area contributed by atoms with Crippen LogP contribution in [0.3, 0.4) is 0 Å². The third kappa shape index (κ3) is 5.16. The predicted molar refractivity (Wildman–Crippen MR) is 120 cm³/mol. The van der Waals surface area contributed by atoms with Crippen LogP contribution in [0.2, 0.25) is 0 Å². The second-order valence-corrected chi connectivity index (χ2v) is 8.27. The maximum atomic E-state index is 14.8. The van der Waals surface area contributed by atoms with Gasteiger partial charge in [-0.25, -0.2) is 4.39 Å². The summed E-state index contributed by atoms with van der Waals surface area (Å²) < 4.78 is 14.8. The van der Waals surface area contributed by atoms with Crippen LogP contribution in [-0.4, -0.2) is 73.6 Å². The molecule has 2 atom stereocenters. The number of benzene rings is 1. The van der Waals surface area contributed by atoms with Crippen molar-refractivity contribution in [1.29, 1.82) is 0 Å². The molecule has 3 aliphatic heterocycles. The normalized spacial score (nSPS) is 26.4. The molecule has 5 nitrogen and oxygen atoms in total. The lowest BCUT2D eigenvalue weighted by Gasteiger charge is -2.36. The third-order valence-electron chi connectivity index (χ3n) is 6.67. The molecule has 3 fully saturated rings. The maximum Gasteiger partial charge on any atom is 0.253 e. The van der Waals surface area contributed by atoms with Gasteiger partial charge in [-0.1, -0.05) is 6.92 Å². The molecular weight excluding hydrogens is 414 g/mol. The zero-order valence-electron chi connectivity index (χ0n) is 17.3. The van der Waals surface area contributed by atoms with E-state index < -0.39 is 0 Å². The molecule has 1 aromatic carbocycles. The van der Waals surface area contributed by atoms with Crippen LogP contribution in [0.25, 0.3) is 0 Å². The molecule has 3 aliphatic rings. The van der Waals surface area contributed by atoms with Crippen molar-refractivity contribution in [2.75, 3.05) is 44.7 Å². The lowest BCUT2D eigenvalue weighted by molar-refractivity contribution is 0.0681. The quantitative estimate of drug-likeness (QED) is 0.770. The van der Waals surface area contributed by atoms with Gasteiger partial charge in [-0.05, 0) is 50.4 Å². The Balaban J connectivity index is 0.00000150. The van der Waals surface area contributed by atoms with Crippen LogP contribution in [0.4, 0.5) is 10.1 Å². The first-order valence-electron chi connectivity index (χ1n) is 10.3. The van der Waals surface area contributed by atoms with E-state index in [9.17, 15) is 9.18 Å². The Labute approximate surface area is 185 Å². The lowest BCUT2D eigenvalue weighted by Crippen LogP contribution is -2.48. The van der Waals surface area contributed by atoms with Crippen LogP contribution in [0.5, 0.6) is 0 Å². The maximum absolute atomic E-state index is 14.8. The molecule has 2 bridgehead atoms. The number of carbonyl (C=O) groups is 1. The Bertz CT molecular complexity index is 687. The molecule has 0 radical (unpaired) electrons. The molecule has 0 aliphatic carbocycles. The Morgan fingerprint density at radius 3 is 2.31 bits per heavy atom. The van der Waals surface area contributed by atoms with Crippen molar-refractivity contribution in [2.24, 2.45) is 0 Å². The Morgan fingerprint density at radius 2 is 1.76 bits per heavy atom.